The van der Waals surface area contributed by atoms with Crippen LogP contribution >= 0.6 is 0 Å². The van der Waals surface area contributed by atoms with Gasteiger partial charge < -0.3 is 5.32 Å². The molecule has 2 aromatic rings. The van der Waals surface area contributed by atoms with E-state index < -0.39 is 0 Å². The molecule has 0 spiro atoms. The highest BCUT2D eigenvalue weighted by atomic mass is 16.2. The van der Waals surface area contributed by atoms with Crippen LogP contribution in [0, 0.1) is 6.92 Å². The lowest BCUT2D eigenvalue weighted by atomic mass is 9.98. The molecule has 0 bridgehead atoms. The molecular weight excluding hydrogens is 364 g/mol. The van der Waals surface area contributed by atoms with Crippen LogP contribution in [0.5, 0.6) is 0 Å². The molecule has 0 saturated carbocycles. The molecule has 6 nitrogen and oxygen atoms in total. The van der Waals surface area contributed by atoms with E-state index in [0.717, 1.165) is 17.8 Å². The van der Waals surface area contributed by atoms with Crippen LogP contribution in [-0.4, -0.2) is 45.8 Å². The second-order valence-corrected chi connectivity index (χ2v) is 8.11. The lowest BCUT2D eigenvalue weighted by Crippen LogP contribution is -2.47. The van der Waals surface area contributed by atoms with E-state index in [-0.39, 0.29) is 24.4 Å². The summed E-state index contributed by atoms with van der Waals surface area (Å²) in [5, 5.41) is 7.42. The third kappa shape index (κ3) is 5.76. The number of nitrogens with one attached hydrogen (secondary N) is 1. The van der Waals surface area contributed by atoms with Crippen molar-refractivity contribution in [2.24, 2.45) is 0 Å². The van der Waals surface area contributed by atoms with Crippen molar-refractivity contribution in [2.45, 2.75) is 65.1 Å². The Balaban J connectivity index is 1.51. The highest BCUT2D eigenvalue weighted by molar-refractivity contribution is 5.75. The summed E-state index contributed by atoms with van der Waals surface area (Å²) in [6, 6.07) is 12.4. The van der Waals surface area contributed by atoms with Gasteiger partial charge in [0.2, 0.25) is 5.91 Å². The van der Waals surface area contributed by atoms with Crippen molar-refractivity contribution >= 4 is 5.91 Å². The average Bonchev–Trinajstić information content (AvgIpc) is 2.70. The first-order valence-electron chi connectivity index (χ1n) is 10.6. The number of hydrogen-bond acceptors (Lipinski definition) is 4. The lowest BCUT2D eigenvalue weighted by molar-refractivity contribution is -0.121. The molecule has 2 atom stereocenters. The minimum atomic E-state index is -0.190. The highest BCUT2D eigenvalue weighted by Crippen LogP contribution is 2.21. The Kier molecular flexibility index (Phi) is 7.20. The van der Waals surface area contributed by atoms with Gasteiger partial charge in [-0.1, -0.05) is 36.2 Å². The predicted molar refractivity (Wildman–Crippen MR) is 116 cm³/mol. The van der Waals surface area contributed by atoms with Gasteiger partial charge in [-0.3, -0.25) is 14.5 Å². The lowest BCUT2D eigenvalue weighted by Gasteiger charge is -2.39. The second-order valence-electron chi connectivity index (χ2n) is 8.11. The SMILES string of the molecule is Cc1ccc(-c2ccc(=O)n(CCC(=O)NCCN3C(C)CCCC3C)n2)cc1. The van der Waals surface area contributed by atoms with Gasteiger partial charge in [0, 0.05) is 43.2 Å². The molecule has 1 fully saturated rings. The first-order chi connectivity index (χ1) is 13.9. The maximum absolute atomic E-state index is 12.3. The zero-order valence-corrected chi connectivity index (χ0v) is 17.7. The van der Waals surface area contributed by atoms with Crippen molar-refractivity contribution in [3.8, 4) is 11.3 Å². The van der Waals surface area contributed by atoms with E-state index >= 15 is 0 Å². The molecule has 2 heterocycles. The number of likely N-dealkylation sites (tertiary alicyclic amines) is 1. The van der Waals surface area contributed by atoms with Crippen LogP contribution in [0.2, 0.25) is 0 Å². The van der Waals surface area contributed by atoms with Crippen molar-refractivity contribution in [1.29, 1.82) is 0 Å². The van der Waals surface area contributed by atoms with E-state index in [0.29, 0.717) is 18.6 Å². The van der Waals surface area contributed by atoms with Crippen LogP contribution in [0.15, 0.2) is 41.2 Å². The molecule has 0 radical (unpaired) electrons. The summed E-state index contributed by atoms with van der Waals surface area (Å²) < 4.78 is 1.38. The van der Waals surface area contributed by atoms with E-state index in [4.69, 9.17) is 0 Å². The number of amides is 1. The zero-order valence-electron chi connectivity index (χ0n) is 17.7. The van der Waals surface area contributed by atoms with Crippen LogP contribution in [0.25, 0.3) is 11.3 Å². The number of aromatic nitrogens is 2. The first kappa shape index (κ1) is 21.2. The third-order valence-corrected chi connectivity index (χ3v) is 5.83. The van der Waals surface area contributed by atoms with E-state index in [9.17, 15) is 9.59 Å². The van der Waals surface area contributed by atoms with Crippen LogP contribution < -0.4 is 10.9 Å². The van der Waals surface area contributed by atoms with Crippen molar-refractivity contribution in [2.75, 3.05) is 13.1 Å². The molecular formula is C23H32N4O2. The molecule has 1 aromatic carbocycles. The van der Waals surface area contributed by atoms with Crippen molar-refractivity contribution in [3.63, 3.8) is 0 Å². The quantitative estimate of drug-likeness (QED) is 0.781. The topological polar surface area (TPSA) is 67.2 Å². The molecule has 0 aliphatic carbocycles. The average molecular weight is 397 g/mol. The maximum atomic E-state index is 12.3. The van der Waals surface area contributed by atoms with Gasteiger partial charge in [0.15, 0.2) is 0 Å². The number of benzene rings is 1. The summed E-state index contributed by atoms with van der Waals surface area (Å²) >= 11 is 0. The van der Waals surface area contributed by atoms with Gasteiger partial charge in [-0.25, -0.2) is 4.68 Å². The monoisotopic (exact) mass is 396 g/mol. The second kappa shape index (κ2) is 9.83. The van der Waals surface area contributed by atoms with Gasteiger partial charge >= 0.3 is 0 Å². The Labute approximate surface area is 172 Å². The molecule has 2 unspecified atom stereocenters. The molecule has 1 aromatic heterocycles. The van der Waals surface area contributed by atoms with Crippen molar-refractivity contribution in [1.82, 2.24) is 20.0 Å². The fourth-order valence-electron chi connectivity index (χ4n) is 4.02. The number of rotatable bonds is 7. The number of carbonyl (C=O) groups is 1. The summed E-state index contributed by atoms with van der Waals surface area (Å²) in [6.45, 7) is 8.34. The van der Waals surface area contributed by atoms with E-state index in [1.54, 1.807) is 6.07 Å². The summed E-state index contributed by atoms with van der Waals surface area (Å²) in [7, 11) is 0. The molecule has 156 valence electrons. The maximum Gasteiger partial charge on any atom is 0.266 e. The standard InChI is InChI=1S/C23H32N4O2/c1-17-7-9-20(10-8-17)21-11-12-23(29)27(25-21)15-13-22(28)24-14-16-26-18(2)5-4-6-19(26)3/h7-12,18-19H,4-6,13-16H2,1-3H3,(H,24,28). The molecule has 1 amide bonds. The van der Waals surface area contributed by atoms with Crippen LogP contribution in [0.4, 0.5) is 0 Å². The van der Waals surface area contributed by atoms with Gasteiger partial charge in [-0.05, 0) is 39.7 Å². The summed E-state index contributed by atoms with van der Waals surface area (Å²) in [6.07, 6.45) is 3.98. The molecule has 1 aliphatic rings. The van der Waals surface area contributed by atoms with E-state index in [1.807, 2.05) is 31.2 Å². The molecule has 1 saturated heterocycles. The van der Waals surface area contributed by atoms with Gasteiger partial charge in [-0.15, -0.1) is 0 Å². The molecule has 6 heteroatoms. The van der Waals surface area contributed by atoms with Gasteiger partial charge in [0.25, 0.3) is 5.56 Å². The fraction of sp³-hybridized carbons (Fsp3) is 0.522. The molecule has 3 rings (SSSR count). The molecule has 1 N–H and O–H groups in total. The van der Waals surface area contributed by atoms with Gasteiger partial charge in [0.05, 0.1) is 12.2 Å². The first-order valence-corrected chi connectivity index (χ1v) is 10.6. The number of aryl methyl sites for hydroxylation is 2. The molecule has 29 heavy (non-hydrogen) atoms. The Hall–Kier alpha value is -2.47. The van der Waals surface area contributed by atoms with E-state index in [2.05, 4.69) is 29.2 Å². The van der Waals surface area contributed by atoms with Crippen LogP contribution in [-0.2, 0) is 11.3 Å². The fourth-order valence-corrected chi connectivity index (χ4v) is 4.02. The largest absolute Gasteiger partial charge is 0.355 e. The Morgan fingerprint density at radius 2 is 1.76 bits per heavy atom. The van der Waals surface area contributed by atoms with Crippen LogP contribution in [0.3, 0.4) is 0 Å². The smallest absolute Gasteiger partial charge is 0.266 e. The molecule has 1 aliphatic heterocycles. The predicted octanol–water partition coefficient (Wildman–Crippen LogP) is 2.99. The summed E-state index contributed by atoms with van der Waals surface area (Å²) in [5.74, 6) is -0.0447. The highest BCUT2D eigenvalue weighted by Gasteiger charge is 2.23. The van der Waals surface area contributed by atoms with E-state index in [1.165, 1.54) is 35.6 Å². The van der Waals surface area contributed by atoms with Gasteiger partial charge in [0.1, 0.15) is 0 Å². The minimum absolute atomic E-state index is 0.0447. The number of piperidine rings is 1. The Morgan fingerprint density at radius 3 is 2.45 bits per heavy atom. The Bertz CT molecular complexity index is 865. The Morgan fingerprint density at radius 1 is 1.07 bits per heavy atom. The third-order valence-electron chi connectivity index (χ3n) is 5.83. The minimum Gasteiger partial charge on any atom is -0.355 e. The normalized spacial score (nSPS) is 19.8. The summed E-state index contributed by atoms with van der Waals surface area (Å²) in [5.41, 5.74) is 2.67. The number of hydrogen-bond donors (Lipinski definition) is 1. The van der Waals surface area contributed by atoms with Crippen molar-refractivity contribution < 1.29 is 4.79 Å². The number of carbonyl (C=O) groups excluding carboxylic acids is 1. The number of nitrogens with zero attached hydrogens (tertiary/aromatic N) is 3. The zero-order chi connectivity index (χ0) is 20.8. The summed E-state index contributed by atoms with van der Waals surface area (Å²) in [4.78, 5) is 26.8. The van der Waals surface area contributed by atoms with Gasteiger partial charge in [-0.2, -0.15) is 5.10 Å². The van der Waals surface area contributed by atoms with Crippen molar-refractivity contribution in [3.05, 3.63) is 52.3 Å². The van der Waals surface area contributed by atoms with Crippen LogP contribution in [0.1, 0.15) is 45.1 Å².